The van der Waals surface area contributed by atoms with Gasteiger partial charge in [0.1, 0.15) is 11.8 Å². The van der Waals surface area contributed by atoms with E-state index in [9.17, 15) is 9.59 Å². The second-order valence-electron chi connectivity index (χ2n) is 1.60. The van der Waals surface area contributed by atoms with Crippen molar-refractivity contribution < 1.29 is 14.7 Å². The average Bonchev–Trinajstić information content (AvgIpc) is 1.84. The summed E-state index contributed by atoms with van der Waals surface area (Å²) in [5.74, 6) is -2.56. The van der Waals surface area contributed by atoms with Gasteiger partial charge in [-0.15, -0.1) is 0 Å². The molecule has 1 unspecified atom stereocenters. The molecule has 0 fully saturated rings. The summed E-state index contributed by atoms with van der Waals surface area (Å²) in [5.41, 5.74) is 8.59. The second-order valence-corrected chi connectivity index (χ2v) is 1.60. The van der Waals surface area contributed by atoms with Crippen LogP contribution in [0.15, 0.2) is 0 Å². The number of carbonyl (C=O) groups is 2. The monoisotopic (exact) mass is 145 g/mol. The maximum atomic E-state index is 10.1. The SMILES string of the molecule is N=C(C(=O)O)C(N)C(N)=O. The maximum absolute atomic E-state index is 10.1. The van der Waals surface area contributed by atoms with Crippen molar-refractivity contribution in [3.8, 4) is 0 Å². The fourth-order valence-corrected chi connectivity index (χ4v) is 0.275. The largest absolute Gasteiger partial charge is 0.477 e. The zero-order chi connectivity index (χ0) is 8.31. The summed E-state index contributed by atoms with van der Waals surface area (Å²) in [7, 11) is 0. The van der Waals surface area contributed by atoms with E-state index in [0.29, 0.717) is 0 Å². The molecule has 0 rings (SSSR count). The molecular formula is C4H7N3O3. The highest BCUT2D eigenvalue weighted by atomic mass is 16.4. The minimum atomic E-state index is -1.54. The highest BCUT2D eigenvalue weighted by Crippen LogP contribution is 1.80. The van der Waals surface area contributed by atoms with Gasteiger partial charge in [-0.1, -0.05) is 0 Å². The summed E-state index contributed by atoms with van der Waals surface area (Å²) >= 11 is 0. The summed E-state index contributed by atoms with van der Waals surface area (Å²) in [6.45, 7) is 0. The Bertz CT molecular complexity index is 188. The lowest BCUT2D eigenvalue weighted by molar-refractivity contribution is -0.130. The van der Waals surface area contributed by atoms with Gasteiger partial charge in [-0.25, -0.2) is 4.79 Å². The Morgan fingerprint density at radius 2 is 1.90 bits per heavy atom. The van der Waals surface area contributed by atoms with Crippen LogP contribution < -0.4 is 11.5 Å². The van der Waals surface area contributed by atoms with Crippen molar-refractivity contribution in [2.45, 2.75) is 6.04 Å². The van der Waals surface area contributed by atoms with Crippen molar-refractivity contribution in [2.75, 3.05) is 0 Å². The molecule has 0 aliphatic carbocycles. The standard InChI is InChI=1S/C4H7N3O3/c5-1(3(7)8)2(6)4(9)10/h1,6H,5H2,(H2,7,8)(H,9,10). The summed E-state index contributed by atoms with van der Waals surface area (Å²) in [6.07, 6.45) is 0. The minimum absolute atomic E-state index is 0.896. The van der Waals surface area contributed by atoms with E-state index < -0.39 is 23.6 Å². The number of aliphatic carboxylic acids is 1. The van der Waals surface area contributed by atoms with Crippen molar-refractivity contribution in [3.05, 3.63) is 0 Å². The van der Waals surface area contributed by atoms with Crippen LogP contribution in [0.1, 0.15) is 0 Å². The minimum Gasteiger partial charge on any atom is -0.477 e. The molecule has 0 aromatic heterocycles. The number of carbonyl (C=O) groups excluding carboxylic acids is 1. The summed E-state index contributed by atoms with van der Waals surface area (Å²) < 4.78 is 0. The Labute approximate surface area is 56.3 Å². The van der Waals surface area contributed by atoms with Crippen molar-refractivity contribution in [1.29, 1.82) is 5.41 Å². The summed E-state index contributed by atoms with van der Waals surface area (Å²) in [5, 5.41) is 14.7. The van der Waals surface area contributed by atoms with Gasteiger partial charge in [0.15, 0.2) is 0 Å². The number of rotatable bonds is 3. The molecule has 0 aromatic rings. The van der Waals surface area contributed by atoms with E-state index in [-0.39, 0.29) is 0 Å². The highest BCUT2D eigenvalue weighted by molar-refractivity contribution is 6.40. The molecule has 56 valence electrons. The predicted molar refractivity (Wildman–Crippen MR) is 32.5 cm³/mol. The van der Waals surface area contributed by atoms with Gasteiger partial charge in [-0.3, -0.25) is 10.2 Å². The zero-order valence-corrected chi connectivity index (χ0v) is 5.00. The third-order valence-electron chi connectivity index (χ3n) is 0.848. The number of nitrogens with two attached hydrogens (primary N) is 2. The van der Waals surface area contributed by atoms with Gasteiger partial charge in [-0.05, 0) is 0 Å². The number of nitrogens with one attached hydrogen (secondary N) is 1. The molecule has 6 N–H and O–H groups in total. The van der Waals surface area contributed by atoms with Crippen LogP contribution in [0.4, 0.5) is 0 Å². The zero-order valence-electron chi connectivity index (χ0n) is 5.00. The van der Waals surface area contributed by atoms with E-state index >= 15 is 0 Å². The molecule has 0 saturated heterocycles. The Hall–Kier alpha value is -1.43. The van der Waals surface area contributed by atoms with E-state index in [1.807, 2.05) is 0 Å². The fraction of sp³-hybridized carbons (Fsp3) is 0.250. The first-order valence-corrected chi connectivity index (χ1v) is 2.33. The van der Waals surface area contributed by atoms with Gasteiger partial charge in [0.05, 0.1) is 0 Å². The van der Waals surface area contributed by atoms with Crippen molar-refractivity contribution in [2.24, 2.45) is 11.5 Å². The van der Waals surface area contributed by atoms with Gasteiger partial charge in [0, 0.05) is 0 Å². The number of hydrogen-bond donors (Lipinski definition) is 4. The number of carboxylic acid groups (broad SMARTS) is 1. The molecule has 0 aliphatic rings. The van der Waals surface area contributed by atoms with Gasteiger partial charge >= 0.3 is 5.97 Å². The van der Waals surface area contributed by atoms with Gasteiger partial charge in [-0.2, -0.15) is 0 Å². The molecule has 0 spiro atoms. The molecule has 0 saturated carbocycles. The smallest absolute Gasteiger partial charge is 0.351 e. The number of primary amides is 1. The number of amides is 1. The highest BCUT2D eigenvalue weighted by Gasteiger charge is 2.20. The third-order valence-corrected chi connectivity index (χ3v) is 0.848. The third kappa shape index (κ3) is 1.82. The number of hydrogen-bond acceptors (Lipinski definition) is 4. The van der Waals surface area contributed by atoms with Crippen molar-refractivity contribution in [1.82, 2.24) is 0 Å². The molecule has 0 heterocycles. The average molecular weight is 145 g/mol. The van der Waals surface area contributed by atoms with Crippen LogP contribution >= 0.6 is 0 Å². The fourth-order valence-electron chi connectivity index (χ4n) is 0.275. The lowest BCUT2D eigenvalue weighted by atomic mass is 10.2. The van der Waals surface area contributed by atoms with Crippen LogP contribution in [0.5, 0.6) is 0 Å². The summed E-state index contributed by atoms with van der Waals surface area (Å²) in [4.78, 5) is 20.1. The Balaban J connectivity index is 4.22. The van der Waals surface area contributed by atoms with E-state index in [1.54, 1.807) is 0 Å². The Kier molecular flexibility index (Phi) is 2.51. The lowest BCUT2D eigenvalue weighted by Gasteiger charge is -2.02. The van der Waals surface area contributed by atoms with Crippen molar-refractivity contribution >= 4 is 17.6 Å². The first-order chi connectivity index (χ1) is 4.46. The molecule has 0 aliphatic heterocycles. The van der Waals surface area contributed by atoms with E-state index in [2.05, 4.69) is 5.73 Å². The van der Waals surface area contributed by atoms with Gasteiger partial charge in [0.2, 0.25) is 5.91 Å². The number of carboxylic acids is 1. The van der Waals surface area contributed by atoms with Gasteiger partial charge in [0.25, 0.3) is 0 Å². The van der Waals surface area contributed by atoms with Crippen LogP contribution in [0, 0.1) is 5.41 Å². The molecule has 6 nitrogen and oxygen atoms in total. The maximum Gasteiger partial charge on any atom is 0.351 e. The second kappa shape index (κ2) is 2.92. The molecule has 6 heteroatoms. The normalized spacial score (nSPS) is 12.1. The molecule has 1 amide bonds. The van der Waals surface area contributed by atoms with Crippen LogP contribution in [0.3, 0.4) is 0 Å². The van der Waals surface area contributed by atoms with Crippen LogP contribution in [-0.2, 0) is 9.59 Å². The summed E-state index contributed by atoms with van der Waals surface area (Å²) in [6, 6.07) is -1.52. The quantitative estimate of drug-likeness (QED) is 0.339. The first-order valence-electron chi connectivity index (χ1n) is 2.33. The predicted octanol–water partition coefficient (Wildman–Crippen LogP) is -2.10. The topological polar surface area (TPSA) is 130 Å². The van der Waals surface area contributed by atoms with E-state index in [4.69, 9.17) is 16.2 Å². The van der Waals surface area contributed by atoms with E-state index in [1.165, 1.54) is 0 Å². The Morgan fingerprint density at radius 3 is 2.00 bits per heavy atom. The van der Waals surface area contributed by atoms with E-state index in [0.717, 1.165) is 0 Å². The Morgan fingerprint density at radius 1 is 1.50 bits per heavy atom. The molecule has 0 radical (unpaired) electrons. The molecular weight excluding hydrogens is 138 g/mol. The molecule has 10 heavy (non-hydrogen) atoms. The first kappa shape index (κ1) is 8.57. The molecule has 0 aromatic carbocycles. The van der Waals surface area contributed by atoms with Crippen molar-refractivity contribution in [3.63, 3.8) is 0 Å². The molecule has 0 bridgehead atoms. The van der Waals surface area contributed by atoms with Crippen LogP contribution in [-0.4, -0.2) is 28.7 Å². The lowest BCUT2D eigenvalue weighted by Crippen LogP contribution is -2.45. The van der Waals surface area contributed by atoms with Crippen LogP contribution in [0.2, 0.25) is 0 Å². The molecule has 1 atom stereocenters. The van der Waals surface area contributed by atoms with Crippen LogP contribution in [0.25, 0.3) is 0 Å². The van der Waals surface area contributed by atoms with Gasteiger partial charge < -0.3 is 16.6 Å².